The molecule has 1 aliphatic rings. The lowest BCUT2D eigenvalue weighted by Crippen LogP contribution is -2.36. The van der Waals surface area contributed by atoms with E-state index in [4.69, 9.17) is 5.26 Å². The van der Waals surface area contributed by atoms with Gasteiger partial charge in [0.1, 0.15) is 0 Å². The minimum Gasteiger partial charge on any atom is -0.348 e. The molecule has 0 saturated heterocycles. The quantitative estimate of drug-likeness (QED) is 0.676. The lowest BCUT2D eigenvalue weighted by Gasteiger charge is -2.15. The highest BCUT2D eigenvalue weighted by Crippen LogP contribution is 2.25. The van der Waals surface area contributed by atoms with Crippen molar-refractivity contribution in [3.63, 3.8) is 0 Å². The second kappa shape index (κ2) is 5.65. The molecule has 0 aliphatic heterocycles. The zero-order valence-corrected chi connectivity index (χ0v) is 10.5. The van der Waals surface area contributed by atoms with Crippen LogP contribution in [0.1, 0.15) is 29.6 Å². The summed E-state index contributed by atoms with van der Waals surface area (Å²) in [7, 11) is 0. The van der Waals surface area contributed by atoms with Crippen LogP contribution in [0.2, 0.25) is 0 Å². The molecular weight excluding hydrogens is 265 g/mol. The van der Waals surface area contributed by atoms with Crippen LogP contribution in [0.25, 0.3) is 0 Å². The number of carbonyl (C=O) groups is 1. The maximum absolute atomic E-state index is 13.4. The Labute approximate surface area is 114 Å². The van der Waals surface area contributed by atoms with Crippen molar-refractivity contribution >= 4 is 11.6 Å². The van der Waals surface area contributed by atoms with Gasteiger partial charge in [-0.15, -0.1) is 0 Å². The van der Waals surface area contributed by atoms with E-state index < -0.39 is 22.3 Å². The van der Waals surface area contributed by atoms with E-state index in [1.165, 1.54) is 6.07 Å². The lowest BCUT2D eigenvalue weighted by atomic mass is 10.1. The predicted molar refractivity (Wildman–Crippen MR) is 67.3 cm³/mol. The molecule has 1 aromatic carbocycles. The summed E-state index contributed by atoms with van der Waals surface area (Å²) in [6.07, 6.45) is 2.30. The predicted octanol–water partition coefficient (Wildman–Crippen LogP) is 2.16. The van der Waals surface area contributed by atoms with Crippen LogP contribution in [0.15, 0.2) is 18.2 Å². The lowest BCUT2D eigenvalue weighted by molar-refractivity contribution is -0.387. The zero-order chi connectivity index (χ0) is 14.7. The van der Waals surface area contributed by atoms with Gasteiger partial charge in [-0.1, -0.05) is 0 Å². The molecule has 20 heavy (non-hydrogen) atoms. The van der Waals surface area contributed by atoms with Gasteiger partial charge in [0.2, 0.25) is 5.82 Å². The molecule has 0 spiro atoms. The van der Waals surface area contributed by atoms with Gasteiger partial charge >= 0.3 is 5.69 Å². The number of nitrogens with one attached hydrogen (secondary N) is 1. The van der Waals surface area contributed by atoms with Crippen molar-refractivity contribution in [1.82, 2.24) is 5.32 Å². The summed E-state index contributed by atoms with van der Waals surface area (Å²) < 4.78 is 13.4. The third-order valence-corrected chi connectivity index (χ3v) is 3.40. The molecule has 0 heterocycles. The van der Waals surface area contributed by atoms with Crippen LogP contribution in [0.3, 0.4) is 0 Å². The van der Waals surface area contributed by atoms with Crippen LogP contribution >= 0.6 is 0 Å². The van der Waals surface area contributed by atoms with Crippen LogP contribution in [0.5, 0.6) is 0 Å². The first-order chi connectivity index (χ1) is 9.52. The van der Waals surface area contributed by atoms with Crippen molar-refractivity contribution in [2.24, 2.45) is 5.92 Å². The molecule has 1 fully saturated rings. The Kier molecular flexibility index (Phi) is 3.94. The maximum Gasteiger partial charge on any atom is 0.304 e. The van der Waals surface area contributed by atoms with E-state index in [9.17, 15) is 19.3 Å². The van der Waals surface area contributed by atoms with Crippen molar-refractivity contribution in [3.8, 4) is 6.07 Å². The number of nitrogens with zero attached hydrogens (tertiary/aromatic N) is 2. The number of rotatable bonds is 3. The van der Waals surface area contributed by atoms with Gasteiger partial charge in [-0.25, -0.2) is 0 Å². The molecule has 0 bridgehead atoms. The van der Waals surface area contributed by atoms with Gasteiger partial charge in [-0.2, -0.15) is 9.65 Å². The average molecular weight is 277 g/mol. The minimum absolute atomic E-state index is 0.0108. The molecule has 0 radical (unpaired) electrons. The first-order valence-electron chi connectivity index (χ1n) is 6.17. The highest BCUT2D eigenvalue weighted by atomic mass is 19.1. The standard InChI is InChI=1S/C13H12FN3O3/c14-10-6-8(4-5-12(10)17(19)20)13(18)16-11-3-1-2-9(11)7-15/h4-6,9,11H,1-3H2,(H,16,18). The van der Waals surface area contributed by atoms with E-state index in [-0.39, 0.29) is 17.5 Å². The number of nitro benzene ring substituents is 1. The number of hydrogen-bond acceptors (Lipinski definition) is 4. The normalized spacial score (nSPS) is 21.2. The van der Waals surface area contributed by atoms with Crippen LogP contribution in [0.4, 0.5) is 10.1 Å². The highest BCUT2D eigenvalue weighted by molar-refractivity contribution is 5.94. The van der Waals surface area contributed by atoms with Gasteiger partial charge in [-0.3, -0.25) is 14.9 Å². The number of halogens is 1. The van der Waals surface area contributed by atoms with Crippen molar-refractivity contribution in [2.45, 2.75) is 25.3 Å². The summed E-state index contributed by atoms with van der Waals surface area (Å²) >= 11 is 0. The van der Waals surface area contributed by atoms with E-state index in [2.05, 4.69) is 11.4 Å². The molecule has 6 nitrogen and oxygen atoms in total. The second-order valence-electron chi connectivity index (χ2n) is 4.67. The Bertz CT molecular complexity index is 597. The molecule has 104 valence electrons. The van der Waals surface area contributed by atoms with E-state index in [1.54, 1.807) is 0 Å². The summed E-state index contributed by atoms with van der Waals surface area (Å²) in [5, 5.41) is 22.1. The van der Waals surface area contributed by atoms with Crippen molar-refractivity contribution in [3.05, 3.63) is 39.7 Å². The van der Waals surface area contributed by atoms with Crippen molar-refractivity contribution in [1.29, 1.82) is 5.26 Å². The smallest absolute Gasteiger partial charge is 0.304 e. The van der Waals surface area contributed by atoms with Gasteiger partial charge < -0.3 is 5.32 Å². The summed E-state index contributed by atoms with van der Waals surface area (Å²) in [6, 6.07) is 4.88. The Morgan fingerprint density at radius 2 is 2.25 bits per heavy atom. The van der Waals surface area contributed by atoms with Gasteiger partial charge in [0.05, 0.1) is 16.9 Å². The number of nitro groups is 1. The van der Waals surface area contributed by atoms with E-state index in [0.717, 1.165) is 25.0 Å². The number of benzene rings is 1. The fraction of sp³-hybridized carbons (Fsp3) is 0.385. The van der Waals surface area contributed by atoms with Crippen LogP contribution in [-0.2, 0) is 0 Å². The molecule has 2 atom stereocenters. The Hall–Kier alpha value is -2.49. The van der Waals surface area contributed by atoms with E-state index >= 15 is 0 Å². The molecular formula is C13H12FN3O3. The monoisotopic (exact) mass is 277 g/mol. The van der Waals surface area contributed by atoms with Gasteiger partial charge in [-0.05, 0) is 31.4 Å². The second-order valence-corrected chi connectivity index (χ2v) is 4.67. The minimum atomic E-state index is -1.05. The van der Waals surface area contributed by atoms with E-state index in [0.29, 0.717) is 6.42 Å². The van der Waals surface area contributed by atoms with Crippen LogP contribution in [0, 0.1) is 33.2 Å². The third kappa shape index (κ3) is 2.74. The van der Waals surface area contributed by atoms with Crippen LogP contribution in [-0.4, -0.2) is 16.9 Å². The molecule has 7 heteroatoms. The number of hydrogen-bond donors (Lipinski definition) is 1. The molecule has 1 aromatic rings. The summed E-state index contributed by atoms with van der Waals surface area (Å²) in [4.78, 5) is 21.6. The first-order valence-corrected chi connectivity index (χ1v) is 6.17. The van der Waals surface area contributed by atoms with Crippen molar-refractivity contribution in [2.75, 3.05) is 0 Å². The fourth-order valence-corrected chi connectivity index (χ4v) is 2.34. The summed E-state index contributed by atoms with van der Waals surface area (Å²) in [6.45, 7) is 0. The molecule has 2 rings (SSSR count). The number of nitriles is 1. The largest absolute Gasteiger partial charge is 0.348 e. The van der Waals surface area contributed by atoms with Crippen LogP contribution < -0.4 is 5.32 Å². The maximum atomic E-state index is 13.4. The number of carbonyl (C=O) groups excluding carboxylic acids is 1. The average Bonchev–Trinajstić information content (AvgIpc) is 2.85. The summed E-state index contributed by atoms with van der Waals surface area (Å²) in [5.41, 5.74) is -0.658. The molecule has 1 N–H and O–H groups in total. The van der Waals surface area contributed by atoms with Gasteiger partial charge in [0.15, 0.2) is 0 Å². The molecule has 1 amide bonds. The molecule has 1 aliphatic carbocycles. The number of amides is 1. The summed E-state index contributed by atoms with van der Waals surface area (Å²) in [5.74, 6) is -1.81. The van der Waals surface area contributed by atoms with Gasteiger partial charge in [0.25, 0.3) is 5.91 Å². The molecule has 0 aromatic heterocycles. The zero-order valence-electron chi connectivity index (χ0n) is 10.5. The highest BCUT2D eigenvalue weighted by Gasteiger charge is 2.29. The Balaban J connectivity index is 2.12. The fourth-order valence-electron chi connectivity index (χ4n) is 2.34. The first kappa shape index (κ1) is 13.9. The SMILES string of the molecule is N#CC1CCCC1NC(=O)c1ccc([N+](=O)[O-])c(F)c1. The van der Waals surface area contributed by atoms with E-state index in [1.807, 2.05) is 0 Å². The Morgan fingerprint density at radius 3 is 2.85 bits per heavy atom. The third-order valence-electron chi connectivity index (χ3n) is 3.40. The molecule has 1 saturated carbocycles. The Morgan fingerprint density at radius 1 is 1.50 bits per heavy atom. The molecule has 2 unspecified atom stereocenters. The van der Waals surface area contributed by atoms with Crippen molar-refractivity contribution < 1.29 is 14.1 Å². The van der Waals surface area contributed by atoms with Gasteiger partial charge in [0, 0.05) is 17.7 Å². The topological polar surface area (TPSA) is 96.0 Å².